The molecule has 1 aliphatic heterocycles. The number of aromatic amines is 1. The quantitative estimate of drug-likeness (QED) is 0.943. The molecule has 0 saturated carbocycles. The Labute approximate surface area is 130 Å². The zero-order valence-electron chi connectivity index (χ0n) is 13.0. The molecule has 5 heteroatoms. The molecule has 0 saturated heterocycles. The minimum Gasteiger partial charge on any atom is -0.484 e. The average molecular weight is 299 g/mol. The van der Waals surface area contributed by atoms with Crippen LogP contribution in [0.3, 0.4) is 0 Å². The highest BCUT2D eigenvalue weighted by molar-refractivity contribution is 5.78. The van der Waals surface area contributed by atoms with Gasteiger partial charge in [-0.3, -0.25) is 9.89 Å². The number of amides is 1. The fourth-order valence-electron chi connectivity index (χ4n) is 2.62. The van der Waals surface area contributed by atoms with E-state index in [4.69, 9.17) is 4.74 Å². The van der Waals surface area contributed by atoms with Crippen molar-refractivity contribution >= 4 is 5.91 Å². The largest absolute Gasteiger partial charge is 0.484 e. The summed E-state index contributed by atoms with van der Waals surface area (Å²) >= 11 is 0. The van der Waals surface area contributed by atoms with E-state index in [1.165, 1.54) is 5.56 Å². The van der Waals surface area contributed by atoms with E-state index in [0.29, 0.717) is 19.0 Å². The Balaban J connectivity index is 1.54. The highest BCUT2D eigenvalue weighted by atomic mass is 16.5. The first-order valence-corrected chi connectivity index (χ1v) is 7.65. The van der Waals surface area contributed by atoms with Gasteiger partial charge in [0.25, 0.3) is 5.91 Å². The summed E-state index contributed by atoms with van der Waals surface area (Å²) in [6.45, 7) is 5.71. The van der Waals surface area contributed by atoms with Gasteiger partial charge < -0.3 is 9.64 Å². The van der Waals surface area contributed by atoms with Crippen LogP contribution in [0.25, 0.3) is 0 Å². The number of aromatic nitrogens is 2. The van der Waals surface area contributed by atoms with Crippen molar-refractivity contribution in [3.8, 4) is 5.75 Å². The van der Waals surface area contributed by atoms with Crippen LogP contribution in [0.4, 0.5) is 0 Å². The molecule has 1 aromatic carbocycles. The maximum Gasteiger partial charge on any atom is 0.260 e. The third-order valence-corrected chi connectivity index (χ3v) is 4.06. The van der Waals surface area contributed by atoms with Crippen LogP contribution in [0.5, 0.6) is 5.75 Å². The van der Waals surface area contributed by atoms with Gasteiger partial charge in [0.15, 0.2) is 6.61 Å². The fraction of sp³-hybridized carbons (Fsp3) is 0.412. The minimum atomic E-state index is 0.0137. The van der Waals surface area contributed by atoms with E-state index in [0.717, 1.165) is 23.4 Å². The Morgan fingerprint density at radius 1 is 1.36 bits per heavy atom. The van der Waals surface area contributed by atoms with Crippen molar-refractivity contribution in [2.24, 2.45) is 0 Å². The zero-order chi connectivity index (χ0) is 15.5. The third-order valence-electron chi connectivity index (χ3n) is 4.06. The summed E-state index contributed by atoms with van der Waals surface area (Å²) < 4.78 is 5.61. The van der Waals surface area contributed by atoms with Gasteiger partial charge in [0.2, 0.25) is 0 Å². The van der Waals surface area contributed by atoms with Crippen molar-refractivity contribution in [1.29, 1.82) is 0 Å². The van der Waals surface area contributed by atoms with Gasteiger partial charge in [0.05, 0.1) is 6.20 Å². The molecule has 0 spiro atoms. The second kappa shape index (κ2) is 6.22. The first-order chi connectivity index (χ1) is 10.6. The summed E-state index contributed by atoms with van der Waals surface area (Å²) in [6, 6.07) is 7.94. The topological polar surface area (TPSA) is 58.2 Å². The molecule has 0 bridgehead atoms. The summed E-state index contributed by atoms with van der Waals surface area (Å²) in [4.78, 5) is 14.1. The van der Waals surface area contributed by atoms with Gasteiger partial charge in [0.1, 0.15) is 5.75 Å². The Hall–Kier alpha value is -2.30. The van der Waals surface area contributed by atoms with Crippen LogP contribution in [0.1, 0.15) is 36.6 Å². The summed E-state index contributed by atoms with van der Waals surface area (Å²) in [6.07, 6.45) is 2.62. The second-order valence-corrected chi connectivity index (χ2v) is 5.95. The standard InChI is InChI=1S/C17H21N3O2/c1-12(2)13-3-5-15(6-4-13)22-11-17(21)20-8-7-16-14(10-20)9-18-19-16/h3-6,9,12H,7-8,10-11H2,1-2H3,(H,18,19). The molecule has 22 heavy (non-hydrogen) atoms. The molecule has 2 aromatic rings. The maximum atomic E-state index is 12.2. The fourth-order valence-corrected chi connectivity index (χ4v) is 2.62. The zero-order valence-corrected chi connectivity index (χ0v) is 13.0. The molecule has 0 radical (unpaired) electrons. The molecule has 5 nitrogen and oxygen atoms in total. The summed E-state index contributed by atoms with van der Waals surface area (Å²) in [5.41, 5.74) is 3.50. The van der Waals surface area contributed by atoms with Gasteiger partial charge in [-0.1, -0.05) is 26.0 Å². The lowest BCUT2D eigenvalue weighted by molar-refractivity contribution is -0.134. The number of H-pyrrole nitrogens is 1. The van der Waals surface area contributed by atoms with E-state index in [2.05, 4.69) is 24.0 Å². The van der Waals surface area contributed by atoms with Crippen LogP contribution in [0, 0.1) is 0 Å². The smallest absolute Gasteiger partial charge is 0.260 e. The SMILES string of the molecule is CC(C)c1ccc(OCC(=O)N2CCc3[nH]ncc3C2)cc1. The van der Waals surface area contributed by atoms with Gasteiger partial charge in [0, 0.05) is 30.8 Å². The Morgan fingerprint density at radius 2 is 2.14 bits per heavy atom. The number of ether oxygens (including phenoxy) is 1. The van der Waals surface area contributed by atoms with Gasteiger partial charge in [-0.2, -0.15) is 5.10 Å². The van der Waals surface area contributed by atoms with Crippen LogP contribution in [0.2, 0.25) is 0 Å². The van der Waals surface area contributed by atoms with Crippen molar-refractivity contribution in [2.75, 3.05) is 13.2 Å². The number of carbonyl (C=O) groups is 1. The monoisotopic (exact) mass is 299 g/mol. The first kappa shape index (κ1) is 14.6. The molecule has 0 atom stereocenters. The van der Waals surface area contributed by atoms with E-state index in [-0.39, 0.29) is 12.5 Å². The molecular weight excluding hydrogens is 278 g/mol. The van der Waals surface area contributed by atoms with Crippen LogP contribution < -0.4 is 4.74 Å². The predicted octanol–water partition coefficient (Wildman–Crippen LogP) is 2.50. The second-order valence-electron chi connectivity index (χ2n) is 5.95. The highest BCUT2D eigenvalue weighted by Crippen LogP contribution is 2.19. The molecule has 1 aliphatic rings. The van der Waals surface area contributed by atoms with Gasteiger partial charge in [-0.15, -0.1) is 0 Å². The average Bonchev–Trinajstić information content (AvgIpc) is 3.00. The molecule has 1 aromatic heterocycles. The van der Waals surface area contributed by atoms with Crippen LogP contribution in [-0.2, 0) is 17.8 Å². The number of hydrogen-bond acceptors (Lipinski definition) is 3. The number of nitrogens with zero attached hydrogens (tertiary/aromatic N) is 2. The lowest BCUT2D eigenvalue weighted by Crippen LogP contribution is -2.38. The maximum absolute atomic E-state index is 12.2. The highest BCUT2D eigenvalue weighted by Gasteiger charge is 2.22. The van der Waals surface area contributed by atoms with Crippen molar-refractivity contribution in [3.63, 3.8) is 0 Å². The van der Waals surface area contributed by atoms with E-state index in [1.54, 1.807) is 6.20 Å². The molecule has 0 unspecified atom stereocenters. The predicted molar refractivity (Wildman–Crippen MR) is 83.7 cm³/mol. The molecule has 3 rings (SSSR count). The molecule has 1 amide bonds. The van der Waals surface area contributed by atoms with Gasteiger partial charge in [-0.25, -0.2) is 0 Å². The Bertz CT molecular complexity index is 646. The van der Waals surface area contributed by atoms with Crippen molar-refractivity contribution in [2.45, 2.75) is 32.7 Å². The summed E-state index contributed by atoms with van der Waals surface area (Å²) in [5, 5.41) is 6.99. The summed E-state index contributed by atoms with van der Waals surface area (Å²) in [5.74, 6) is 1.24. The molecule has 0 fully saturated rings. The van der Waals surface area contributed by atoms with Crippen molar-refractivity contribution < 1.29 is 9.53 Å². The molecule has 116 valence electrons. The lowest BCUT2D eigenvalue weighted by atomic mass is 10.0. The Morgan fingerprint density at radius 3 is 2.86 bits per heavy atom. The van der Waals surface area contributed by atoms with Crippen LogP contribution in [0.15, 0.2) is 30.5 Å². The first-order valence-electron chi connectivity index (χ1n) is 7.65. The number of nitrogens with one attached hydrogen (secondary N) is 1. The normalized spacial score (nSPS) is 14.0. The van der Waals surface area contributed by atoms with E-state index < -0.39 is 0 Å². The number of rotatable bonds is 4. The lowest BCUT2D eigenvalue weighted by Gasteiger charge is -2.26. The molecule has 1 N–H and O–H groups in total. The van der Waals surface area contributed by atoms with Gasteiger partial charge >= 0.3 is 0 Å². The third kappa shape index (κ3) is 3.13. The van der Waals surface area contributed by atoms with Gasteiger partial charge in [-0.05, 0) is 23.6 Å². The number of carbonyl (C=O) groups excluding carboxylic acids is 1. The number of hydrogen-bond donors (Lipinski definition) is 1. The minimum absolute atomic E-state index is 0.0137. The van der Waals surface area contributed by atoms with Crippen molar-refractivity contribution in [3.05, 3.63) is 47.3 Å². The van der Waals surface area contributed by atoms with E-state index >= 15 is 0 Å². The number of fused-ring (bicyclic) bond motifs is 1. The molecule has 2 heterocycles. The van der Waals surface area contributed by atoms with Crippen molar-refractivity contribution in [1.82, 2.24) is 15.1 Å². The molecule has 0 aliphatic carbocycles. The number of benzene rings is 1. The van der Waals surface area contributed by atoms with Crippen LogP contribution in [-0.4, -0.2) is 34.2 Å². The molecular formula is C17H21N3O2. The summed E-state index contributed by atoms with van der Waals surface area (Å²) in [7, 11) is 0. The Kier molecular flexibility index (Phi) is 4.13. The van der Waals surface area contributed by atoms with E-state index in [9.17, 15) is 4.79 Å². The van der Waals surface area contributed by atoms with E-state index in [1.807, 2.05) is 29.2 Å². The van der Waals surface area contributed by atoms with Crippen LogP contribution >= 0.6 is 0 Å².